The van der Waals surface area contributed by atoms with Crippen molar-refractivity contribution in [1.29, 1.82) is 0 Å². The van der Waals surface area contributed by atoms with Crippen LogP contribution in [0.5, 0.6) is 0 Å². The maximum Gasteiger partial charge on any atom is 0.120 e. The first kappa shape index (κ1) is 14.7. The summed E-state index contributed by atoms with van der Waals surface area (Å²) in [5.74, 6) is 0.989. The Bertz CT molecular complexity index is 507. The molecule has 1 heterocycles. The van der Waals surface area contributed by atoms with Gasteiger partial charge in [0.2, 0.25) is 0 Å². The molecule has 0 fully saturated rings. The van der Waals surface area contributed by atoms with Gasteiger partial charge in [-0.2, -0.15) is 0 Å². The lowest BCUT2D eigenvalue weighted by atomic mass is 10.2. The van der Waals surface area contributed by atoms with E-state index in [4.69, 9.17) is 4.42 Å². The zero-order valence-electron chi connectivity index (χ0n) is 12.6. The van der Waals surface area contributed by atoms with Crippen molar-refractivity contribution in [2.45, 2.75) is 26.8 Å². The van der Waals surface area contributed by atoms with Gasteiger partial charge in [0, 0.05) is 25.3 Å². The molecule has 1 aromatic heterocycles. The third-order valence-electron chi connectivity index (χ3n) is 3.55. The van der Waals surface area contributed by atoms with Gasteiger partial charge in [0.15, 0.2) is 0 Å². The van der Waals surface area contributed by atoms with E-state index in [1.54, 1.807) is 6.26 Å². The van der Waals surface area contributed by atoms with E-state index in [2.05, 4.69) is 55.3 Å². The summed E-state index contributed by atoms with van der Waals surface area (Å²) in [6, 6.07) is 12.8. The van der Waals surface area contributed by atoms with E-state index in [1.807, 2.05) is 12.1 Å². The minimum atomic E-state index is 0.251. The predicted octanol–water partition coefficient (Wildman–Crippen LogP) is 3.77. The third kappa shape index (κ3) is 3.87. The van der Waals surface area contributed by atoms with Gasteiger partial charge in [-0.25, -0.2) is 0 Å². The molecular weight excluding hydrogens is 248 g/mol. The van der Waals surface area contributed by atoms with Crippen LogP contribution in [0.2, 0.25) is 0 Å². The SMILES string of the molecule is CCN(CCNC(C)c1ccco1)c1cccc(C)c1. The van der Waals surface area contributed by atoms with Crippen LogP contribution in [0, 0.1) is 6.92 Å². The number of hydrogen-bond acceptors (Lipinski definition) is 3. The maximum absolute atomic E-state index is 5.40. The van der Waals surface area contributed by atoms with Crippen LogP contribution in [0.4, 0.5) is 5.69 Å². The molecule has 3 nitrogen and oxygen atoms in total. The Morgan fingerprint density at radius 3 is 2.75 bits per heavy atom. The molecule has 0 spiro atoms. The van der Waals surface area contributed by atoms with E-state index >= 15 is 0 Å². The fraction of sp³-hybridized carbons (Fsp3) is 0.412. The number of nitrogens with one attached hydrogen (secondary N) is 1. The molecule has 2 rings (SSSR count). The van der Waals surface area contributed by atoms with Gasteiger partial charge in [0.25, 0.3) is 0 Å². The third-order valence-corrected chi connectivity index (χ3v) is 3.55. The second kappa shape index (κ2) is 7.15. The van der Waals surface area contributed by atoms with E-state index < -0.39 is 0 Å². The van der Waals surface area contributed by atoms with Gasteiger partial charge < -0.3 is 14.6 Å². The summed E-state index contributed by atoms with van der Waals surface area (Å²) in [5, 5.41) is 3.50. The fourth-order valence-corrected chi connectivity index (χ4v) is 2.35. The minimum Gasteiger partial charge on any atom is -0.468 e. The van der Waals surface area contributed by atoms with Crippen molar-refractivity contribution < 1.29 is 4.42 Å². The van der Waals surface area contributed by atoms with Crippen LogP contribution < -0.4 is 10.2 Å². The van der Waals surface area contributed by atoms with E-state index in [0.717, 1.165) is 25.4 Å². The average molecular weight is 272 g/mol. The molecule has 0 aliphatic rings. The Balaban J connectivity index is 1.85. The van der Waals surface area contributed by atoms with E-state index in [9.17, 15) is 0 Å². The number of rotatable bonds is 7. The molecule has 2 aromatic rings. The molecule has 1 aromatic carbocycles. The second-order valence-corrected chi connectivity index (χ2v) is 5.11. The molecule has 1 atom stereocenters. The number of benzene rings is 1. The predicted molar refractivity (Wildman–Crippen MR) is 84.2 cm³/mol. The van der Waals surface area contributed by atoms with E-state index in [0.29, 0.717) is 0 Å². The van der Waals surface area contributed by atoms with Crippen molar-refractivity contribution in [3.63, 3.8) is 0 Å². The Labute approximate surface area is 121 Å². The first-order valence-corrected chi connectivity index (χ1v) is 7.29. The van der Waals surface area contributed by atoms with E-state index in [1.165, 1.54) is 11.3 Å². The number of aryl methyl sites for hydroxylation is 1. The van der Waals surface area contributed by atoms with Gasteiger partial charge in [-0.15, -0.1) is 0 Å². The van der Waals surface area contributed by atoms with Crippen LogP contribution >= 0.6 is 0 Å². The number of nitrogens with zero attached hydrogens (tertiary/aromatic N) is 1. The number of hydrogen-bond donors (Lipinski definition) is 1. The van der Waals surface area contributed by atoms with Crippen LogP contribution in [0.3, 0.4) is 0 Å². The first-order valence-electron chi connectivity index (χ1n) is 7.29. The molecule has 20 heavy (non-hydrogen) atoms. The zero-order chi connectivity index (χ0) is 14.4. The Hall–Kier alpha value is -1.74. The highest BCUT2D eigenvalue weighted by molar-refractivity contribution is 5.48. The van der Waals surface area contributed by atoms with Crippen molar-refractivity contribution in [2.24, 2.45) is 0 Å². The van der Waals surface area contributed by atoms with Crippen LogP contribution in [0.1, 0.15) is 31.2 Å². The lowest BCUT2D eigenvalue weighted by Gasteiger charge is -2.24. The summed E-state index contributed by atoms with van der Waals surface area (Å²) in [4.78, 5) is 2.38. The van der Waals surface area contributed by atoms with Crippen molar-refractivity contribution in [3.05, 3.63) is 54.0 Å². The quantitative estimate of drug-likeness (QED) is 0.831. The highest BCUT2D eigenvalue weighted by Crippen LogP contribution is 2.16. The second-order valence-electron chi connectivity index (χ2n) is 5.11. The van der Waals surface area contributed by atoms with Crippen molar-refractivity contribution in [1.82, 2.24) is 5.32 Å². The molecule has 0 saturated carbocycles. The fourth-order valence-electron chi connectivity index (χ4n) is 2.35. The molecule has 0 aliphatic heterocycles. The standard InChI is InChI=1S/C17H24N2O/c1-4-19(16-8-5-7-14(2)13-16)11-10-18-15(3)17-9-6-12-20-17/h5-9,12-13,15,18H,4,10-11H2,1-3H3. The summed E-state index contributed by atoms with van der Waals surface area (Å²) in [5.41, 5.74) is 2.60. The number of anilines is 1. The molecule has 0 saturated heterocycles. The molecule has 1 unspecified atom stereocenters. The molecule has 0 radical (unpaired) electrons. The van der Waals surface area contributed by atoms with Gasteiger partial charge in [-0.1, -0.05) is 12.1 Å². The zero-order valence-corrected chi connectivity index (χ0v) is 12.6. The lowest BCUT2D eigenvalue weighted by molar-refractivity contribution is 0.432. The van der Waals surface area contributed by atoms with Crippen LogP contribution in [0.25, 0.3) is 0 Å². The van der Waals surface area contributed by atoms with Gasteiger partial charge in [0.1, 0.15) is 5.76 Å². The number of furan rings is 1. The van der Waals surface area contributed by atoms with Crippen LogP contribution in [0.15, 0.2) is 47.1 Å². The van der Waals surface area contributed by atoms with Gasteiger partial charge in [-0.3, -0.25) is 0 Å². The summed E-state index contributed by atoms with van der Waals surface area (Å²) in [6.07, 6.45) is 1.72. The van der Waals surface area contributed by atoms with Crippen molar-refractivity contribution >= 4 is 5.69 Å². The van der Waals surface area contributed by atoms with Crippen molar-refractivity contribution in [3.8, 4) is 0 Å². The van der Waals surface area contributed by atoms with Crippen molar-refractivity contribution in [2.75, 3.05) is 24.5 Å². The molecule has 108 valence electrons. The Morgan fingerprint density at radius 1 is 1.25 bits per heavy atom. The monoisotopic (exact) mass is 272 g/mol. The average Bonchev–Trinajstić information content (AvgIpc) is 2.97. The van der Waals surface area contributed by atoms with Gasteiger partial charge >= 0.3 is 0 Å². The topological polar surface area (TPSA) is 28.4 Å². The molecule has 3 heteroatoms. The summed E-state index contributed by atoms with van der Waals surface area (Å²) >= 11 is 0. The molecule has 0 bridgehead atoms. The highest BCUT2D eigenvalue weighted by atomic mass is 16.3. The Morgan fingerprint density at radius 2 is 2.10 bits per heavy atom. The summed E-state index contributed by atoms with van der Waals surface area (Å²) in [6.45, 7) is 9.39. The van der Waals surface area contributed by atoms with Gasteiger partial charge in [-0.05, 0) is 50.6 Å². The Kier molecular flexibility index (Phi) is 5.24. The van der Waals surface area contributed by atoms with Gasteiger partial charge in [0.05, 0.1) is 12.3 Å². The molecular formula is C17H24N2O. The minimum absolute atomic E-state index is 0.251. The molecule has 0 aliphatic carbocycles. The van der Waals surface area contributed by atoms with E-state index in [-0.39, 0.29) is 6.04 Å². The first-order chi connectivity index (χ1) is 9.70. The normalized spacial score (nSPS) is 12.3. The summed E-state index contributed by atoms with van der Waals surface area (Å²) in [7, 11) is 0. The maximum atomic E-state index is 5.40. The number of likely N-dealkylation sites (N-methyl/N-ethyl adjacent to an activating group) is 1. The van der Waals surface area contributed by atoms with Crippen LogP contribution in [-0.4, -0.2) is 19.6 Å². The molecule has 1 N–H and O–H groups in total. The lowest BCUT2D eigenvalue weighted by Crippen LogP contribution is -2.33. The largest absolute Gasteiger partial charge is 0.468 e. The smallest absolute Gasteiger partial charge is 0.120 e. The highest BCUT2D eigenvalue weighted by Gasteiger charge is 2.08. The van der Waals surface area contributed by atoms with Crippen LogP contribution in [-0.2, 0) is 0 Å². The molecule has 0 amide bonds. The summed E-state index contributed by atoms with van der Waals surface area (Å²) < 4.78 is 5.40.